The fraction of sp³-hybridized carbons (Fsp3) is 0.0455. The van der Waals surface area contributed by atoms with Crippen molar-refractivity contribution in [3.05, 3.63) is 86.9 Å². The van der Waals surface area contributed by atoms with Crippen LogP contribution in [0.4, 0.5) is 11.4 Å². The molecule has 4 aromatic rings. The number of aromatic nitrogens is 1. The molecule has 0 saturated carbocycles. The van der Waals surface area contributed by atoms with Gasteiger partial charge in [-0.15, -0.1) is 0 Å². The number of nitro benzene ring substituents is 1. The second-order valence-corrected chi connectivity index (χ2v) is 7.71. The number of oxazole rings is 1. The van der Waals surface area contributed by atoms with Crippen LogP contribution in [0.2, 0.25) is 5.02 Å². The number of amides is 1. The van der Waals surface area contributed by atoms with Gasteiger partial charge >= 0.3 is 0 Å². The van der Waals surface area contributed by atoms with Gasteiger partial charge in [0.05, 0.1) is 15.5 Å². The molecule has 3 aromatic carbocycles. The van der Waals surface area contributed by atoms with Crippen LogP contribution in [0.15, 0.2) is 65.1 Å². The third kappa shape index (κ3) is 4.58. The minimum absolute atomic E-state index is 0.0508. The van der Waals surface area contributed by atoms with Crippen LogP contribution in [0.5, 0.6) is 0 Å². The van der Waals surface area contributed by atoms with Crippen LogP contribution in [0.3, 0.4) is 0 Å². The number of fused-ring (bicyclic) bond motifs is 1. The van der Waals surface area contributed by atoms with E-state index >= 15 is 0 Å². The Morgan fingerprint density at radius 2 is 1.88 bits per heavy atom. The first-order valence-corrected chi connectivity index (χ1v) is 10.1. The van der Waals surface area contributed by atoms with E-state index in [9.17, 15) is 14.9 Å². The van der Waals surface area contributed by atoms with Gasteiger partial charge in [0.15, 0.2) is 10.7 Å². The number of carbonyl (C=O) groups is 1. The Kier molecular flexibility index (Phi) is 5.85. The number of hydrogen-bond acceptors (Lipinski definition) is 6. The van der Waals surface area contributed by atoms with Crippen molar-refractivity contribution in [1.82, 2.24) is 10.3 Å². The maximum absolute atomic E-state index is 12.3. The summed E-state index contributed by atoms with van der Waals surface area (Å²) in [6, 6.07) is 16.0. The minimum atomic E-state index is -0.538. The SMILES string of the molecule is Cc1ccc2nc(-c3cc(NC(=S)NC(=O)c4ccc([N+](=O)[O-])cc4)ccc3Cl)oc2c1. The molecular weight excluding hydrogens is 452 g/mol. The Hall–Kier alpha value is -3.82. The van der Waals surface area contributed by atoms with E-state index in [1.807, 2.05) is 25.1 Å². The fourth-order valence-electron chi connectivity index (χ4n) is 2.99. The number of aryl methyl sites for hydroxylation is 1. The van der Waals surface area contributed by atoms with E-state index in [1.165, 1.54) is 24.3 Å². The number of nitrogens with zero attached hydrogens (tertiary/aromatic N) is 2. The quantitative estimate of drug-likeness (QED) is 0.232. The molecular formula is C22H15ClN4O4S. The lowest BCUT2D eigenvalue weighted by Crippen LogP contribution is -2.34. The predicted octanol–water partition coefficient (Wildman–Crippen LogP) is 5.49. The number of carbonyl (C=O) groups excluding carboxylic acids is 1. The first-order valence-electron chi connectivity index (χ1n) is 9.34. The van der Waals surface area contributed by atoms with Crippen LogP contribution in [-0.2, 0) is 0 Å². The van der Waals surface area contributed by atoms with Crippen molar-refractivity contribution in [2.24, 2.45) is 0 Å². The molecule has 0 aliphatic carbocycles. The molecule has 4 rings (SSSR count). The molecule has 0 saturated heterocycles. The Balaban J connectivity index is 1.50. The smallest absolute Gasteiger partial charge is 0.269 e. The van der Waals surface area contributed by atoms with Gasteiger partial charge in [-0.25, -0.2) is 4.98 Å². The number of rotatable bonds is 4. The number of thiocarbonyl (C=S) groups is 1. The van der Waals surface area contributed by atoms with Crippen molar-refractivity contribution < 1.29 is 14.1 Å². The highest BCUT2D eigenvalue weighted by Crippen LogP contribution is 2.32. The molecule has 2 N–H and O–H groups in total. The second-order valence-electron chi connectivity index (χ2n) is 6.90. The summed E-state index contributed by atoms with van der Waals surface area (Å²) in [5.74, 6) is -0.138. The lowest BCUT2D eigenvalue weighted by atomic mass is 10.2. The summed E-state index contributed by atoms with van der Waals surface area (Å²) < 4.78 is 5.85. The van der Waals surface area contributed by atoms with Crippen LogP contribution < -0.4 is 10.6 Å². The van der Waals surface area contributed by atoms with E-state index in [0.717, 1.165) is 5.56 Å². The third-order valence-corrected chi connectivity index (χ3v) is 5.10. The average molecular weight is 467 g/mol. The average Bonchev–Trinajstić information content (AvgIpc) is 3.18. The molecule has 0 aliphatic heterocycles. The van der Waals surface area contributed by atoms with Crippen molar-refractivity contribution in [2.45, 2.75) is 6.92 Å². The van der Waals surface area contributed by atoms with Crippen molar-refractivity contribution in [3.63, 3.8) is 0 Å². The topological polar surface area (TPSA) is 110 Å². The molecule has 0 unspecified atom stereocenters. The highest BCUT2D eigenvalue weighted by atomic mass is 35.5. The summed E-state index contributed by atoms with van der Waals surface area (Å²) >= 11 is 11.6. The molecule has 8 nitrogen and oxygen atoms in total. The lowest BCUT2D eigenvalue weighted by molar-refractivity contribution is -0.384. The highest BCUT2D eigenvalue weighted by Gasteiger charge is 2.14. The van der Waals surface area contributed by atoms with E-state index < -0.39 is 10.8 Å². The summed E-state index contributed by atoms with van der Waals surface area (Å²) in [6.07, 6.45) is 0. The zero-order valence-corrected chi connectivity index (χ0v) is 18.2. The Labute approximate surface area is 192 Å². The minimum Gasteiger partial charge on any atom is -0.436 e. The molecule has 1 aromatic heterocycles. The van der Waals surface area contributed by atoms with Crippen LogP contribution in [0.1, 0.15) is 15.9 Å². The van der Waals surface area contributed by atoms with E-state index in [1.54, 1.807) is 18.2 Å². The first kappa shape index (κ1) is 21.4. The second kappa shape index (κ2) is 8.74. The van der Waals surface area contributed by atoms with E-state index in [0.29, 0.717) is 33.3 Å². The molecule has 0 atom stereocenters. The van der Waals surface area contributed by atoms with Gasteiger partial charge in [-0.3, -0.25) is 20.2 Å². The Morgan fingerprint density at radius 3 is 2.59 bits per heavy atom. The van der Waals surface area contributed by atoms with E-state index in [4.69, 9.17) is 28.2 Å². The number of benzene rings is 3. The van der Waals surface area contributed by atoms with Gasteiger partial charge < -0.3 is 9.73 Å². The van der Waals surface area contributed by atoms with Crippen molar-refractivity contribution in [2.75, 3.05) is 5.32 Å². The summed E-state index contributed by atoms with van der Waals surface area (Å²) in [7, 11) is 0. The Morgan fingerprint density at radius 1 is 1.12 bits per heavy atom. The first-order chi connectivity index (χ1) is 15.3. The molecule has 160 valence electrons. The summed E-state index contributed by atoms with van der Waals surface area (Å²) in [4.78, 5) is 27.0. The van der Waals surface area contributed by atoms with Gasteiger partial charge in [0.2, 0.25) is 5.89 Å². The van der Waals surface area contributed by atoms with Gasteiger partial charge in [0, 0.05) is 23.4 Å². The maximum Gasteiger partial charge on any atom is 0.269 e. The van der Waals surface area contributed by atoms with Gasteiger partial charge in [-0.2, -0.15) is 0 Å². The fourth-order valence-corrected chi connectivity index (χ4v) is 3.40. The zero-order chi connectivity index (χ0) is 22.8. The predicted molar refractivity (Wildman–Crippen MR) is 126 cm³/mol. The van der Waals surface area contributed by atoms with Crippen LogP contribution in [0, 0.1) is 17.0 Å². The van der Waals surface area contributed by atoms with E-state index in [2.05, 4.69) is 15.6 Å². The lowest BCUT2D eigenvalue weighted by Gasteiger charge is -2.11. The van der Waals surface area contributed by atoms with Crippen LogP contribution >= 0.6 is 23.8 Å². The van der Waals surface area contributed by atoms with Crippen molar-refractivity contribution >= 4 is 57.3 Å². The monoisotopic (exact) mass is 466 g/mol. The van der Waals surface area contributed by atoms with Crippen molar-refractivity contribution in [3.8, 4) is 11.5 Å². The molecule has 32 heavy (non-hydrogen) atoms. The van der Waals surface area contributed by atoms with E-state index in [-0.39, 0.29) is 16.4 Å². The van der Waals surface area contributed by atoms with Crippen LogP contribution in [0.25, 0.3) is 22.6 Å². The van der Waals surface area contributed by atoms with Gasteiger partial charge in [0.25, 0.3) is 11.6 Å². The number of halogens is 1. The number of nitrogens with one attached hydrogen (secondary N) is 2. The van der Waals surface area contributed by atoms with Crippen LogP contribution in [-0.4, -0.2) is 20.9 Å². The molecule has 10 heteroatoms. The number of hydrogen-bond donors (Lipinski definition) is 2. The molecule has 0 radical (unpaired) electrons. The Bertz CT molecular complexity index is 1370. The number of anilines is 1. The summed E-state index contributed by atoms with van der Waals surface area (Å²) in [5.41, 5.74) is 3.68. The molecule has 1 heterocycles. The number of non-ortho nitro benzene ring substituents is 1. The van der Waals surface area contributed by atoms with Crippen molar-refractivity contribution in [1.29, 1.82) is 0 Å². The molecule has 0 fully saturated rings. The third-order valence-electron chi connectivity index (χ3n) is 4.57. The largest absolute Gasteiger partial charge is 0.436 e. The van der Waals surface area contributed by atoms with Gasteiger partial charge in [0.1, 0.15) is 5.52 Å². The maximum atomic E-state index is 12.3. The molecule has 0 bridgehead atoms. The molecule has 1 amide bonds. The van der Waals surface area contributed by atoms with Gasteiger partial charge in [-0.1, -0.05) is 17.7 Å². The summed E-state index contributed by atoms with van der Waals surface area (Å²) in [6.45, 7) is 1.96. The normalized spacial score (nSPS) is 10.7. The highest BCUT2D eigenvalue weighted by molar-refractivity contribution is 7.80. The summed E-state index contributed by atoms with van der Waals surface area (Å²) in [5, 5.41) is 16.7. The number of nitro groups is 1. The van der Waals surface area contributed by atoms with Gasteiger partial charge in [-0.05, 0) is 67.2 Å². The standard InChI is InChI=1S/C22H15ClN4O4S/c1-12-2-9-18-19(10-12)31-21(25-18)16-11-14(5-8-17(16)23)24-22(32)26-20(28)13-3-6-15(7-4-13)27(29)30/h2-11H,1H3,(H2,24,26,28,32). The molecule has 0 aliphatic rings. The zero-order valence-electron chi connectivity index (χ0n) is 16.6. The molecule has 0 spiro atoms.